The van der Waals surface area contributed by atoms with E-state index in [1.165, 1.54) is 44.2 Å². The Kier molecular flexibility index (Phi) is 8.33. The molecule has 0 saturated carbocycles. The molecule has 0 radical (unpaired) electrons. The predicted molar refractivity (Wildman–Crippen MR) is 121 cm³/mol. The number of alkyl halides is 3. The molecule has 1 heterocycles. The highest BCUT2D eigenvalue weighted by Gasteiger charge is 2.33. The number of hydrogen-bond donors (Lipinski definition) is 3. The Bertz CT molecular complexity index is 1210. The van der Waals surface area contributed by atoms with E-state index in [0.717, 1.165) is 12.1 Å². The zero-order valence-electron chi connectivity index (χ0n) is 18.5. The molecule has 0 aliphatic carbocycles. The summed E-state index contributed by atoms with van der Waals surface area (Å²) in [5.74, 6) is -1.85. The number of aryl methyl sites for hydroxylation is 1. The van der Waals surface area contributed by atoms with Crippen LogP contribution in [0.4, 0.5) is 23.2 Å². The first-order valence-electron chi connectivity index (χ1n) is 10.2. The van der Waals surface area contributed by atoms with Crippen LogP contribution < -0.4 is 15.4 Å². The molecule has 2 atom stereocenters. The van der Waals surface area contributed by atoms with Gasteiger partial charge in [0.05, 0.1) is 5.56 Å². The fourth-order valence-electron chi connectivity index (χ4n) is 2.88. The predicted octanol–water partition coefficient (Wildman–Crippen LogP) is 4.59. The molecule has 0 spiro atoms. The van der Waals surface area contributed by atoms with Crippen LogP contribution in [-0.2, 0) is 17.4 Å². The molecule has 12 heteroatoms. The summed E-state index contributed by atoms with van der Waals surface area (Å²) in [6, 6.07) is 10.0. The van der Waals surface area contributed by atoms with Crippen LogP contribution in [0.3, 0.4) is 0 Å². The smallest absolute Gasteiger partial charge is 0.417 e. The summed E-state index contributed by atoms with van der Waals surface area (Å²) in [6.07, 6.45) is -5.11. The van der Waals surface area contributed by atoms with E-state index in [1.54, 1.807) is 0 Å². The van der Waals surface area contributed by atoms with Crippen LogP contribution >= 0.6 is 0 Å². The number of pyridine rings is 1. The molecule has 186 valence electrons. The van der Waals surface area contributed by atoms with Crippen molar-refractivity contribution in [2.45, 2.75) is 31.1 Å². The minimum absolute atomic E-state index is 0.0539. The molecule has 1 aromatic heterocycles. The molecular weight excluding hydrogens is 490 g/mol. The average molecular weight is 511 g/mol. The number of nitrogens with one attached hydrogen (secondary N) is 2. The van der Waals surface area contributed by atoms with Gasteiger partial charge in [0.2, 0.25) is 5.88 Å². The molecule has 3 aromatic rings. The lowest BCUT2D eigenvalue weighted by atomic mass is 10.1. The minimum Gasteiger partial charge on any atom is -0.610 e. The number of carbonyl (C=O) groups excluding carboxylic acids is 1. The number of rotatable bonds is 8. The van der Waals surface area contributed by atoms with Crippen molar-refractivity contribution in [1.29, 1.82) is 0 Å². The van der Waals surface area contributed by atoms with Gasteiger partial charge in [-0.3, -0.25) is 4.79 Å². The van der Waals surface area contributed by atoms with Crippen LogP contribution in [0.5, 0.6) is 11.6 Å². The molecule has 0 fully saturated rings. The third-order valence-corrected chi connectivity index (χ3v) is 5.84. The van der Waals surface area contributed by atoms with E-state index in [4.69, 9.17) is 4.74 Å². The lowest BCUT2D eigenvalue weighted by molar-refractivity contribution is -0.137. The van der Waals surface area contributed by atoms with Crippen molar-refractivity contribution in [1.82, 2.24) is 10.3 Å². The molecule has 3 rings (SSSR count). The first kappa shape index (κ1) is 26.4. The van der Waals surface area contributed by atoms with Crippen LogP contribution in [-0.4, -0.2) is 32.7 Å². The number of ether oxygens (including phenoxy) is 1. The number of halogens is 4. The highest BCUT2D eigenvalue weighted by Crippen LogP contribution is 2.34. The van der Waals surface area contributed by atoms with Crippen molar-refractivity contribution in [3.8, 4) is 11.6 Å². The van der Waals surface area contributed by atoms with Crippen LogP contribution in [0, 0.1) is 12.7 Å². The second-order valence-corrected chi connectivity index (χ2v) is 8.89. The number of amides is 1. The molecule has 7 nitrogen and oxygen atoms in total. The first-order valence-corrected chi connectivity index (χ1v) is 11.5. The Hall–Kier alpha value is -3.19. The van der Waals surface area contributed by atoms with E-state index in [9.17, 15) is 32.0 Å². The molecule has 2 unspecified atom stereocenters. The second-order valence-electron chi connectivity index (χ2n) is 7.44. The fourth-order valence-corrected chi connectivity index (χ4v) is 3.92. The Balaban J connectivity index is 1.90. The summed E-state index contributed by atoms with van der Waals surface area (Å²) in [6.45, 7) is 2.99. The molecule has 0 aliphatic rings. The Morgan fingerprint density at radius 1 is 1.23 bits per heavy atom. The summed E-state index contributed by atoms with van der Waals surface area (Å²) in [7, 11) is 0. The molecule has 0 aliphatic heterocycles. The zero-order chi connectivity index (χ0) is 25.8. The Morgan fingerprint density at radius 3 is 2.63 bits per heavy atom. The van der Waals surface area contributed by atoms with E-state index >= 15 is 0 Å². The summed E-state index contributed by atoms with van der Waals surface area (Å²) in [5.41, 5.74) is -1.16. The van der Waals surface area contributed by atoms with Gasteiger partial charge in [-0.1, -0.05) is 6.07 Å². The lowest BCUT2D eigenvalue weighted by Gasteiger charge is -2.15. The third-order valence-electron chi connectivity index (χ3n) is 4.63. The number of aromatic nitrogens is 1. The Labute approximate surface area is 201 Å². The highest BCUT2D eigenvalue weighted by molar-refractivity contribution is 7.91. The number of anilines is 1. The minimum atomic E-state index is -4.76. The van der Waals surface area contributed by atoms with E-state index in [1.807, 2.05) is 0 Å². The van der Waals surface area contributed by atoms with Gasteiger partial charge in [0, 0.05) is 29.1 Å². The van der Waals surface area contributed by atoms with Crippen LogP contribution in [0.15, 0.2) is 59.6 Å². The van der Waals surface area contributed by atoms with E-state index < -0.39 is 52.3 Å². The van der Waals surface area contributed by atoms with Gasteiger partial charge < -0.3 is 19.7 Å². The van der Waals surface area contributed by atoms with Gasteiger partial charge in [0.15, 0.2) is 10.8 Å². The number of benzene rings is 2. The van der Waals surface area contributed by atoms with Crippen molar-refractivity contribution in [3.05, 3.63) is 77.2 Å². The molecule has 0 bridgehead atoms. The van der Waals surface area contributed by atoms with Crippen LogP contribution in [0.25, 0.3) is 0 Å². The largest absolute Gasteiger partial charge is 0.610 e. The average Bonchev–Trinajstić information content (AvgIpc) is 2.78. The number of aliphatic hydroxyl groups is 1. The van der Waals surface area contributed by atoms with Gasteiger partial charge >= 0.3 is 6.18 Å². The van der Waals surface area contributed by atoms with Crippen LogP contribution in [0.2, 0.25) is 0 Å². The summed E-state index contributed by atoms with van der Waals surface area (Å²) in [5, 5.41) is 14.3. The highest BCUT2D eigenvalue weighted by atomic mass is 32.2. The quantitative estimate of drug-likeness (QED) is 0.232. The van der Waals surface area contributed by atoms with Crippen molar-refractivity contribution in [3.63, 3.8) is 0 Å². The van der Waals surface area contributed by atoms with E-state index in [-0.39, 0.29) is 17.3 Å². The zero-order valence-corrected chi connectivity index (χ0v) is 19.3. The third kappa shape index (κ3) is 7.15. The molecule has 0 saturated heterocycles. The van der Waals surface area contributed by atoms with Gasteiger partial charge in [-0.2, -0.15) is 13.2 Å². The number of hydrogen-bond acceptors (Lipinski definition) is 6. The second kappa shape index (κ2) is 11.0. The number of nitrogens with zero attached hydrogens (tertiary/aromatic N) is 1. The molecule has 1 amide bonds. The molecular formula is C23H21F4N3O4S. The van der Waals surface area contributed by atoms with Crippen molar-refractivity contribution < 1.29 is 36.8 Å². The standard InChI is InChI=1S/C23H21F4N3O4S/c1-13-8-16(24)6-7-20(13)34-22-19(9-15(11-28-22)23(25,26)27)21(32)30-17-4-3-5-18(10-17)35(33)12-29-14(2)31/h3-11,14,29,31H,12H2,1-2H3,(H,30,32). The maximum Gasteiger partial charge on any atom is 0.417 e. The topological polar surface area (TPSA) is 107 Å². The fraction of sp³-hybridized carbons (Fsp3) is 0.217. The number of aliphatic hydroxyl groups excluding tert-OH is 1. The molecule has 2 aromatic carbocycles. The summed E-state index contributed by atoms with van der Waals surface area (Å²) in [4.78, 5) is 17.0. The summed E-state index contributed by atoms with van der Waals surface area (Å²) < 4.78 is 71.2. The van der Waals surface area contributed by atoms with Gasteiger partial charge in [-0.05, 0) is 55.8 Å². The Morgan fingerprint density at radius 2 is 1.97 bits per heavy atom. The molecule has 3 N–H and O–H groups in total. The lowest BCUT2D eigenvalue weighted by Crippen LogP contribution is -2.31. The van der Waals surface area contributed by atoms with Crippen LogP contribution in [0.1, 0.15) is 28.4 Å². The van der Waals surface area contributed by atoms with Crippen molar-refractivity contribution in [2.24, 2.45) is 0 Å². The van der Waals surface area contributed by atoms with Crippen molar-refractivity contribution >= 4 is 22.8 Å². The first-order chi connectivity index (χ1) is 16.4. The maximum atomic E-state index is 13.4. The maximum absolute atomic E-state index is 13.4. The molecule has 35 heavy (non-hydrogen) atoms. The SMILES string of the molecule is Cc1cc(F)ccc1Oc1ncc(C(F)(F)F)cc1C(=O)Nc1cccc([S+]([O-])CNC(C)O)c1. The van der Waals surface area contributed by atoms with E-state index in [0.29, 0.717) is 22.7 Å². The van der Waals surface area contributed by atoms with Gasteiger partial charge in [-0.25, -0.2) is 14.7 Å². The normalized spacial score (nSPS) is 13.3. The van der Waals surface area contributed by atoms with Gasteiger partial charge in [0.1, 0.15) is 23.4 Å². The van der Waals surface area contributed by atoms with Gasteiger partial charge in [0.25, 0.3) is 5.91 Å². The van der Waals surface area contributed by atoms with Gasteiger partial charge in [-0.15, -0.1) is 0 Å². The van der Waals surface area contributed by atoms with E-state index in [2.05, 4.69) is 15.6 Å². The van der Waals surface area contributed by atoms with Crippen molar-refractivity contribution in [2.75, 3.05) is 11.2 Å². The monoisotopic (exact) mass is 511 g/mol. The summed E-state index contributed by atoms with van der Waals surface area (Å²) >= 11 is -1.56. The number of carbonyl (C=O) groups is 1.